The van der Waals surface area contributed by atoms with E-state index in [-0.39, 0.29) is 12.0 Å². The molecule has 2 saturated heterocycles. The number of amides is 1. The second kappa shape index (κ2) is 6.66. The first-order valence-corrected chi connectivity index (χ1v) is 8.41. The van der Waals surface area contributed by atoms with Crippen molar-refractivity contribution in [3.63, 3.8) is 0 Å². The maximum atomic E-state index is 12.8. The summed E-state index contributed by atoms with van der Waals surface area (Å²) in [5.41, 5.74) is 6.62. The van der Waals surface area contributed by atoms with Gasteiger partial charge in [-0.3, -0.25) is 4.79 Å². The lowest BCUT2D eigenvalue weighted by Gasteiger charge is -2.40. The van der Waals surface area contributed by atoms with Gasteiger partial charge >= 0.3 is 0 Å². The van der Waals surface area contributed by atoms with Gasteiger partial charge in [-0.05, 0) is 30.5 Å². The second-order valence-corrected chi connectivity index (χ2v) is 6.85. The van der Waals surface area contributed by atoms with Gasteiger partial charge in [-0.15, -0.1) is 0 Å². The fourth-order valence-corrected chi connectivity index (χ4v) is 3.42. The SMILES string of the molecule is NC1(C(=O)N2CCOC(c3cccc(Br)c3)C2)CCOCC1. The van der Waals surface area contributed by atoms with Gasteiger partial charge in [0.2, 0.25) is 5.91 Å². The van der Waals surface area contributed by atoms with Crippen LogP contribution in [0, 0.1) is 0 Å². The smallest absolute Gasteiger partial charge is 0.243 e. The van der Waals surface area contributed by atoms with Crippen LogP contribution >= 0.6 is 15.9 Å². The number of hydrogen-bond acceptors (Lipinski definition) is 4. The number of carbonyl (C=O) groups is 1. The van der Waals surface area contributed by atoms with Crippen LogP contribution in [-0.2, 0) is 14.3 Å². The number of nitrogens with zero attached hydrogens (tertiary/aromatic N) is 1. The monoisotopic (exact) mass is 368 g/mol. The highest BCUT2D eigenvalue weighted by Gasteiger charge is 2.40. The fraction of sp³-hybridized carbons (Fsp3) is 0.562. The zero-order valence-corrected chi connectivity index (χ0v) is 14.0. The van der Waals surface area contributed by atoms with Crippen molar-refractivity contribution in [2.45, 2.75) is 24.5 Å². The quantitative estimate of drug-likeness (QED) is 0.864. The van der Waals surface area contributed by atoms with Crippen molar-refractivity contribution < 1.29 is 14.3 Å². The van der Waals surface area contributed by atoms with E-state index in [4.69, 9.17) is 15.2 Å². The Labute approximate surface area is 138 Å². The highest BCUT2D eigenvalue weighted by atomic mass is 79.9. The van der Waals surface area contributed by atoms with Crippen molar-refractivity contribution in [3.05, 3.63) is 34.3 Å². The van der Waals surface area contributed by atoms with Gasteiger partial charge in [0, 0.05) is 24.2 Å². The number of nitrogens with two attached hydrogens (primary N) is 1. The number of ether oxygens (including phenoxy) is 2. The normalized spacial score (nSPS) is 25.0. The summed E-state index contributed by atoms with van der Waals surface area (Å²) in [7, 11) is 0. The van der Waals surface area contributed by atoms with Gasteiger partial charge in [0.05, 0.1) is 18.7 Å². The van der Waals surface area contributed by atoms with Crippen molar-refractivity contribution in [2.24, 2.45) is 5.73 Å². The summed E-state index contributed by atoms with van der Waals surface area (Å²) in [4.78, 5) is 14.6. The molecule has 0 saturated carbocycles. The van der Waals surface area contributed by atoms with E-state index in [1.165, 1.54) is 0 Å². The zero-order chi connectivity index (χ0) is 15.6. The molecule has 0 aliphatic carbocycles. The lowest BCUT2D eigenvalue weighted by Crippen LogP contribution is -2.60. The van der Waals surface area contributed by atoms with Crippen LogP contribution < -0.4 is 5.73 Å². The van der Waals surface area contributed by atoms with Crippen LogP contribution in [0.5, 0.6) is 0 Å². The zero-order valence-electron chi connectivity index (χ0n) is 12.5. The number of morpholine rings is 1. The molecule has 0 radical (unpaired) electrons. The molecule has 1 unspecified atom stereocenters. The number of benzene rings is 1. The minimum Gasteiger partial charge on any atom is -0.381 e. The summed E-state index contributed by atoms with van der Waals surface area (Å²) in [5.74, 6) is 0.0269. The molecule has 1 aromatic carbocycles. The Hall–Kier alpha value is -0.950. The standard InChI is InChI=1S/C16H21BrN2O3/c17-13-3-1-2-12(10-13)14-11-19(6-9-22-14)15(20)16(18)4-7-21-8-5-16/h1-3,10,14H,4-9,11,18H2. The van der Waals surface area contributed by atoms with Gasteiger partial charge in [0.25, 0.3) is 0 Å². The molecule has 5 nitrogen and oxygen atoms in total. The van der Waals surface area contributed by atoms with Crippen molar-refractivity contribution in [1.82, 2.24) is 4.90 Å². The van der Waals surface area contributed by atoms with E-state index in [1.807, 2.05) is 29.2 Å². The summed E-state index contributed by atoms with van der Waals surface area (Å²) in [6.45, 7) is 2.80. The highest BCUT2D eigenvalue weighted by Crippen LogP contribution is 2.27. The van der Waals surface area contributed by atoms with E-state index >= 15 is 0 Å². The molecule has 3 rings (SSSR count). The Balaban J connectivity index is 1.71. The number of halogens is 1. The van der Waals surface area contributed by atoms with E-state index in [1.54, 1.807) is 0 Å². The Morgan fingerprint density at radius 1 is 1.32 bits per heavy atom. The van der Waals surface area contributed by atoms with Crippen molar-refractivity contribution in [3.8, 4) is 0 Å². The molecular weight excluding hydrogens is 348 g/mol. The molecule has 2 N–H and O–H groups in total. The molecule has 120 valence electrons. The summed E-state index contributed by atoms with van der Waals surface area (Å²) < 4.78 is 12.2. The van der Waals surface area contributed by atoms with Gasteiger partial charge in [-0.2, -0.15) is 0 Å². The van der Waals surface area contributed by atoms with Gasteiger partial charge in [0.1, 0.15) is 6.10 Å². The summed E-state index contributed by atoms with van der Waals surface area (Å²) in [6.07, 6.45) is 1.08. The van der Waals surface area contributed by atoms with Crippen LogP contribution in [0.4, 0.5) is 0 Å². The number of hydrogen-bond donors (Lipinski definition) is 1. The van der Waals surface area contributed by atoms with E-state index < -0.39 is 5.54 Å². The first-order chi connectivity index (χ1) is 10.6. The van der Waals surface area contributed by atoms with Gasteiger partial charge in [-0.1, -0.05) is 28.1 Å². The summed E-state index contributed by atoms with van der Waals surface area (Å²) in [6, 6.07) is 8.01. The molecule has 0 spiro atoms. The van der Waals surface area contributed by atoms with Gasteiger partial charge < -0.3 is 20.1 Å². The summed E-state index contributed by atoms with van der Waals surface area (Å²) in [5, 5.41) is 0. The average Bonchev–Trinajstić information content (AvgIpc) is 2.55. The van der Waals surface area contributed by atoms with Crippen LogP contribution in [0.2, 0.25) is 0 Å². The van der Waals surface area contributed by atoms with E-state index in [9.17, 15) is 4.79 Å². The first kappa shape index (κ1) is 15.9. The van der Waals surface area contributed by atoms with Crippen LogP contribution in [-0.4, -0.2) is 49.3 Å². The van der Waals surface area contributed by atoms with E-state index in [2.05, 4.69) is 15.9 Å². The van der Waals surface area contributed by atoms with E-state index in [0.29, 0.717) is 45.8 Å². The molecule has 6 heteroatoms. The number of carbonyl (C=O) groups excluding carboxylic acids is 1. The van der Waals surface area contributed by atoms with Crippen molar-refractivity contribution in [1.29, 1.82) is 0 Å². The van der Waals surface area contributed by atoms with Crippen LogP contribution in [0.1, 0.15) is 24.5 Å². The molecule has 2 fully saturated rings. The Morgan fingerprint density at radius 2 is 2.09 bits per heavy atom. The molecule has 0 aromatic heterocycles. The van der Waals surface area contributed by atoms with Crippen molar-refractivity contribution in [2.75, 3.05) is 32.9 Å². The Kier molecular flexibility index (Phi) is 4.82. The largest absolute Gasteiger partial charge is 0.381 e. The van der Waals surface area contributed by atoms with Crippen LogP contribution in [0.3, 0.4) is 0 Å². The molecule has 2 aliphatic rings. The fourth-order valence-electron chi connectivity index (χ4n) is 3.01. The van der Waals surface area contributed by atoms with E-state index in [0.717, 1.165) is 10.0 Å². The third kappa shape index (κ3) is 3.35. The third-order valence-corrected chi connectivity index (χ3v) is 4.88. The predicted octanol–water partition coefficient (Wildman–Crippen LogP) is 1.86. The maximum Gasteiger partial charge on any atom is 0.243 e. The second-order valence-electron chi connectivity index (χ2n) is 5.93. The Morgan fingerprint density at radius 3 is 2.82 bits per heavy atom. The summed E-state index contributed by atoms with van der Waals surface area (Å²) >= 11 is 3.47. The molecule has 0 bridgehead atoms. The number of rotatable bonds is 2. The molecule has 1 atom stereocenters. The minimum absolute atomic E-state index is 0.0269. The first-order valence-electron chi connectivity index (χ1n) is 7.61. The van der Waals surface area contributed by atoms with Crippen molar-refractivity contribution >= 4 is 21.8 Å². The lowest BCUT2D eigenvalue weighted by molar-refractivity contribution is -0.148. The lowest BCUT2D eigenvalue weighted by atomic mass is 9.89. The maximum absolute atomic E-state index is 12.8. The third-order valence-electron chi connectivity index (χ3n) is 4.39. The topological polar surface area (TPSA) is 64.8 Å². The molecule has 1 aromatic rings. The van der Waals surface area contributed by atoms with Gasteiger partial charge in [-0.25, -0.2) is 0 Å². The molecule has 2 aliphatic heterocycles. The van der Waals surface area contributed by atoms with Gasteiger partial charge in [0.15, 0.2) is 0 Å². The predicted molar refractivity (Wildman–Crippen MR) is 86.4 cm³/mol. The van der Waals surface area contributed by atoms with Crippen LogP contribution in [0.15, 0.2) is 28.7 Å². The minimum atomic E-state index is -0.780. The Bertz CT molecular complexity index is 546. The average molecular weight is 369 g/mol. The van der Waals surface area contributed by atoms with Crippen LogP contribution in [0.25, 0.3) is 0 Å². The molecular formula is C16H21BrN2O3. The highest BCUT2D eigenvalue weighted by molar-refractivity contribution is 9.10. The molecule has 22 heavy (non-hydrogen) atoms. The molecule has 2 heterocycles. The molecule has 1 amide bonds.